The smallest absolute Gasteiger partial charge is 0.354 e. The lowest BCUT2D eigenvalue weighted by Crippen LogP contribution is -2.23. The van der Waals surface area contributed by atoms with E-state index in [4.69, 9.17) is 20.8 Å². The van der Waals surface area contributed by atoms with E-state index in [0.29, 0.717) is 32.1 Å². The maximum Gasteiger partial charge on any atom is 0.354 e. The number of nitrogens with zero attached hydrogens (tertiary/aromatic N) is 1. The Morgan fingerprint density at radius 1 is 1.09 bits per heavy atom. The maximum atomic E-state index is 13.8. The van der Waals surface area contributed by atoms with Crippen molar-refractivity contribution in [2.24, 2.45) is 0 Å². The molecule has 0 fully saturated rings. The fourth-order valence-corrected chi connectivity index (χ4v) is 5.05. The van der Waals surface area contributed by atoms with Gasteiger partial charge < -0.3 is 18.8 Å². The van der Waals surface area contributed by atoms with Gasteiger partial charge in [-0.1, -0.05) is 41.6 Å². The summed E-state index contributed by atoms with van der Waals surface area (Å²) in [5, 5.41) is 11.9. The third-order valence-corrected chi connectivity index (χ3v) is 6.79. The van der Waals surface area contributed by atoms with Crippen molar-refractivity contribution in [1.82, 2.24) is 4.57 Å². The number of fused-ring (bicyclic) bond motifs is 3. The number of hydrogen-bond acceptors (Lipinski definition) is 6. The predicted molar refractivity (Wildman–Crippen MR) is 134 cm³/mol. The van der Waals surface area contributed by atoms with Crippen molar-refractivity contribution >= 4 is 45.2 Å². The van der Waals surface area contributed by atoms with Crippen molar-refractivity contribution in [1.29, 1.82) is 0 Å². The van der Waals surface area contributed by atoms with Crippen molar-refractivity contribution in [3.8, 4) is 11.5 Å². The summed E-state index contributed by atoms with van der Waals surface area (Å²) in [5.74, 6) is -0.451. The van der Waals surface area contributed by atoms with Crippen LogP contribution in [0.2, 0.25) is 5.02 Å². The molecule has 5 rings (SSSR count). The molecular weight excluding hydrogens is 493 g/mol. The molecule has 0 saturated carbocycles. The first-order valence-electron chi connectivity index (χ1n) is 10.4. The highest BCUT2D eigenvalue weighted by Crippen LogP contribution is 2.38. The normalized spacial score (nSPS) is 11.3. The van der Waals surface area contributed by atoms with Crippen molar-refractivity contribution in [2.45, 2.75) is 16.3 Å². The highest BCUT2D eigenvalue weighted by molar-refractivity contribution is 7.99. The van der Waals surface area contributed by atoms with Gasteiger partial charge in [-0.05, 0) is 48.0 Å². The molecule has 6 nitrogen and oxygen atoms in total. The molecule has 2 heterocycles. The third-order valence-electron chi connectivity index (χ3n) is 5.50. The quantitative estimate of drug-likeness (QED) is 0.301. The third kappa shape index (κ3) is 4.26. The molecule has 3 aromatic carbocycles. The van der Waals surface area contributed by atoms with Crippen LogP contribution in [0.4, 0.5) is 4.39 Å². The molecule has 0 radical (unpaired) electrons. The van der Waals surface area contributed by atoms with Crippen LogP contribution in [-0.2, 0) is 6.54 Å². The molecule has 2 aromatic heterocycles. The number of rotatable bonds is 5. The van der Waals surface area contributed by atoms with Crippen molar-refractivity contribution in [3.63, 3.8) is 0 Å². The van der Waals surface area contributed by atoms with Crippen LogP contribution in [0.5, 0.6) is 11.5 Å². The summed E-state index contributed by atoms with van der Waals surface area (Å²) in [5.41, 5.74) is -0.482. The van der Waals surface area contributed by atoms with E-state index in [-0.39, 0.29) is 22.4 Å². The van der Waals surface area contributed by atoms with E-state index in [2.05, 4.69) is 0 Å². The molecule has 0 aliphatic rings. The SMILES string of the molecule is COc1ccc2c3oc(=O)c(Sc4cccc(Cl)c4)c(O)c3c(=O)n(Cc3cccc(F)c3)c2c1. The Morgan fingerprint density at radius 3 is 2.63 bits per heavy atom. The Morgan fingerprint density at radius 2 is 1.89 bits per heavy atom. The number of hydrogen-bond donors (Lipinski definition) is 1. The van der Waals surface area contributed by atoms with E-state index >= 15 is 0 Å². The minimum atomic E-state index is -0.792. The molecule has 1 N–H and O–H groups in total. The van der Waals surface area contributed by atoms with E-state index in [1.807, 2.05) is 0 Å². The van der Waals surface area contributed by atoms with Crippen molar-refractivity contribution in [3.05, 3.63) is 104 Å². The summed E-state index contributed by atoms with van der Waals surface area (Å²) in [4.78, 5) is 27.0. The van der Waals surface area contributed by atoms with Gasteiger partial charge in [0.1, 0.15) is 21.8 Å². The van der Waals surface area contributed by atoms with Crippen molar-refractivity contribution < 1.29 is 18.7 Å². The second-order valence-electron chi connectivity index (χ2n) is 7.74. The molecule has 0 atom stereocenters. The van der Waals surface area contributed by atoms with Gasteiger partial charge in [0.05, 0.1) is 19.2 Å². The van der Waals surface area contributed by atoms with Gasteiger partial charge in [-0.25, -0.2) is 9.18 Å². The lowest BCUT2D eigenvalue weighted by atomic mass is 10.1. The lowest BCUT2D eigenvalue weighted by molar-refractivity contribution is 0.415. The topological polar surface area (TPSA) is 81.7 Å². The van der Waals surface area contributed by atoms with Gasteiger partial charge in [-0.15, -0.1) is 0 Å². The number of halogens is 2. The predicted octanol–water partition coefficient (Wildman–Crippen LogP) is 5.81. The Balaban J connectivity index is 1.81. The molecule has 5 aromatic rings. The zero-order valence-corrected chi connectivity index (χ0v) is 19.8. The van der Waals surface area contributed by atoms with E-state index in [9.17, 15) is 19.1 Å². The van der Waals surface area contributed by atoms with E-state index in [1.54, 1.807) is 54.6 Å². The summed E-state index contributed by atoms with van der Waals surface area (Å²) in [6.07, 6.45) is 0. The minimum Gasteiger partial charge on any atom is -0.505 e. The van der Waals surface area contributed by atoms with Crippen molar-refractivity contribution in [2.75, 3.05) is 7.11 Å². The second-order valence-corrected chi connectivity index (χ2v) is 9.26. The van der Waals surface area contributed by atoms with Crippen LogP contribution in [0.15, 0.2) is 90.5 Å². The summed E-state index contributed by atoms with van der Waals surface area (Å²) in [7, 11) is 1.49. The number of aromatic nitrogens is 1. The monoisotopic (exact) mass is 509 g/mol. The highest BCUT2D eigenvalue weighted by atomic mass is 35.5. The first-order valence-corrected chi connectivity index (χ1v) is 11.6. The zero-order chi connectivity index (χ0) is 24.7. The summed E-state index contributed by atoms with van der Waals surface area (Å²) in [6.45, 7) is 0.0194. The van der Waals surface area contributed by atoms with Gasteiger partial charge in [0.2, 0.25) is 0 Å². The summed E-state index contributed by atoms with van der Waals surface area (Å²) >= 11 is 6.99. The first-order chi connectivity index (χ1) is 16.9. The molecule has 0 aliphatic heterocycles. The average Bonchev–Trinajstić information content (AvgIpc) is 2.83. The van der Waals surface area contributed by atoms with Gasteiger partial charge >= 0.3 is 5.63 Å². The molecule has 0 bridgehead atoms. The Kier molecular flexibility index (Phi) is 6.00. The largest absolute Gasteiger partial charge is 0.505 e. The van der Waals surface area contributed by atoms with Crippen LogP contribution < -0.4 is 15.9 Å². The van der Waals surface area contributed by atoms with E-state index in [0.717, 1.165) is 11.8 Å². The van der Waals surface area contributed by atoms with Crippen LogP contribution in [-0.4, -0.2) is 16.8 Å². The standard InChI is InChI=1S/C26H17ClFNO5S/c1-33-17-8-9-19-20(12-17)29(13-14-4-2-6-16(28)10-14)25(31)21-22(30)24(26(32)34-23(19)21)35-18-7-3-5-15(27)11-18/h2-12,30H,13H2,1H3. The Hall–Kier alpha value is -3.75. The molecule has 9 heteroatoms. The molecular formula is C26H17ClFNO5S. The molecule has 0 saturated heterocycles. The average molecular weight is 510 g/mol. The lowest BCUT2D eigenvalue weighted by Gasteiger charge is -2.15. The molecule has 35 heavy (non-hydrogen) atoms. The van der Waals surface area contributed by atoms with Gasteiger partial charge in [0.25, 0.3) is 5.56 Å². The zero-order valence-electron chi connectivity index (χ0n) is 18.2. The Labute approximate surface area is 207 Å². The van der Waals surface area contributed by atoms with Crippen LogP contribution in [0.1, 0.15) is 5.56 Å². The minimum absolute atomic E-state index is 0.0194. The van der Waals surface area contributed by atoms with Crippen LogP contribution in [0.3, 0.4) is 0 Å². The van der Waals surface area contributed by atoms with Crippen LogP contribution in [0.25, 0.3) is 21.9 Å². The molecule has 176 valence electrons. The number of pyridine rings is 1. The number of benzene rings is 3. The van der Waals surface area contributed by atoms with Crippen LogP contribution in [0, 0.1) is 5.82 Å². The summed E-state index contributed by atoms with van der Waals surface area (Å²) in [6, 6.07) is 17.5. The molecule has 0 spiro atoms. The maximum absolute atomic E-state index is 13.8. The van der Waals surface area contributed by atoms with E-state index in [1.165, 1.54) is 23.8 Å². The van der Waals surface area contributed by atoms with Gasteiger partial charge in [0, 0.05) is 21.4 Å². The highest BCUT2D eigenvalue weighted by Gasteiger charge is 2.23. The number of ether oxygens (including phenoxy) is 1. The van der Waals surface area contributed by atoms with E-state index < -0.39 is 22.8 Å². The number of methoxy groups -OCH3 is 1. The molecule has 0 aliphatic carbocycles. The van der Waals surface area contributed by atoms with Gasteiger partial charge in [-0.3, -0.25) is 4.79 Å². The Bertz CT molecular complexity index is 1730. The second kappa shape index (κ2) is 9.13. The molecule has 0 amide bonds. The van der Waals surface area contributed by atoms with Gasteiger partial charge in [0.15, 0.2) is 11.3 Å². The van der Waals surface area contributed by atoms with Crippen LogP contribution >= 0.6 is 23.4 Å². The number of aromatic hydroxyl groups is 1. The molecule has 0 unspecified atom stereocenters. The summed E-state index contributed by atoms with van der Waals surface area (Å²) < 4.78 is 26.1. The first kappa shape index (κ1) is 23.0. The fraction of sp³-hybridized carbons (Fsp3) is 0.0769. The fourth-order valence-electron chi connectivity index (χ4n) is 3.91. The van der Waals surface area contributed by atoms with Gasteiger partial charge in [-0.2, -0.15) is 0 Å².